The Balaban J connectivity index is 2.28. The van der Waals surface area contributed by atoms with Gasteiger partial charge in [-0.25, -0.2) is 4.79 Å². The number of hydrogen-bond donors (Lipinski definition) is 4. The SMILES string of the molecule is O=C(O)C1(S)C=C2CNCCC2=NN1. The topological polar surface area (TPSA) is 73.7 Å². The fourth-order valence-corrected chi connectivity index (χ4v) is 1.71. The summed E-state index contributed by atoms with van der Waals surface area (Å²) in [5.74, 6) is -1.04. The predicted molar refractivity (Wildman–Crippen MR) is 55.5 cm³/mol. The summed E-state index contributed by atoms with van der Waals surface area (Å²) in [5.41, 5.74) is 4.39. The highest BCUT2D eigenvalue weighted by Gasteiger charge is 2.36. The molecule has 76 valence electrons. The standard InChI is InChI=1S/C8H11N3O2S/c12-7(13)8(14)3-5-4-9-2-1-6(5)10-11-8/h3,9,11,14H,1-2,4H2,(H,12,13). The summed E-state index contributed by atoms with van der Waals surface area (Å²) < 4.78 is 0. The quantitative estimate of drug-likeness (QED) is 0.446. The highest BCUT2D eigenvalue weighted by atomic mass is 32.1. The third-order valence-electron chi connectivity index (χ3n) is 2.30. The molecule has 1 saturated heterocycles. The van der Waals surface area contributed by atoms with E-state index in [0.717, 1.165) is 24.3 Å². The van der Waals surface area contributed by atoms with Crippen molar-refractivity contribution in [2.75, 3.05) is 13.1 Å². The smallest absolute Gasteiger partial charge is 0.345 e. The number of nitrogens with one attached hydrogen (secondary N) is 2. The van der Waals surface area contributed by atoms with E-state index >= 15 is 0 Å². The van der Waals surface area contributed by atoms with E-state index in [9.17, 15) is 4.79 Å². The Morgan fingerprint density at radius 1 is 1.71 bits per heavy atom. The number of fused-ring (bicyclic) bond motifs is 1. The first-order valence-corrected chi connectivity index (χ1v) is 4.79. The number of piperidine rings is 1. The Morgan fingerprint density at radius 3 is 3.21 bits per heavy atom. The normalized spacial score (nSPS) is 30.9. The lowest BCUT2D eigenvalue weighted by Gasteiger charge is -2.29. The van der Waals surface area contributed by atoms with Gasteiger partial charge in [0.25, 0.3) is 0 Å². The highest BCUT2D eigenvalue weighted by Crippen LogP contribution is 2.22. The number of carboxylic acids is 1. The first-order valence-electron chi connectivity index (χ1n) is 4.34. The minimum absolute atomic E-state index is 0.663. The van der Waals surface area contributed by atoms with Gasteiger partial charge in [-0.15, -0.1) is 12.6 Å². The molecule has 0 bridgehead atoms. The van der Waals surface area contributed by atoms with Gasteiger partial charge in [0.15, 0.2) is 0 Å². The Bertz CT molecular complexity index is 339. The molecule has 0 aromatic rings. The van der Waals surface area contributed by atoms with Crippen LogP contribution in [0.15, 0.2) is 16.8 Å². The van der Waals surface area contributed by atoms with E-state index in [-0.39, 0.29) is 0 Å². The van der Waals surface area contributed by atoms with Crippen molar-refractivity contribution < 1.29 is 9.90 Å². The van der Waals surface area contributed by atoms with Crippen LogP contribution in [0.5, 0.6) is 0 Å². The highest BCUT2D eigenvalue weighted by molar-refractivity contribution is 7.82. The molecular weight excluding hydrogens is 202 g/mol. The molecule has 0 aromatic heterocycles. The molecular formula is C8H11N3O2S. The Morgan fingerprint density at radius 2 is 2.50 bits per heavy atom. The molecule has 0 saturated carbocycles. The maximum Gasteiger partial charge on any atom is 0.345 e. The largest absolute Gasteiger partial charge is 0.479 e. The first kappa shape index (κ1) is 9.54. The number of rotatable bonds is 1. The van der Waals surface area contributed by atoms with Gasteiger partial charge in [-0.05, 0) is 11.6 Å². The first-order chi connectivity index (χ1) is 6.62. The fourth-order valence-electron chi connectivity index (χ4n) is 1.50. The molecule has 2 rings (SSSR count). The minimum atomic E-state index is -1.36. The number of carbonyl (C=O) groups is 1. The van der Waals surface area contributed by atoms with Crippen molar-refractivity contribution in [1.29, 1.82) is 0 Å². The maximum absolute atomic E-state index is 10.9. The van der Waals surface area contributed by atoms with Gasteiger partial charge in [0, 0.05) is 19.5 Å². The molecule has 6 heteroatoms. The van der Waals surface area contributed by atoms with Crippen LogP contribution in [0.3, 0.4) is 0 Å². The van der Waals surface area contributed by atoms with Crippen LogP contribution >= 0.6 is 12.6 Å². The van der Waals surface area contributed by atoms with Crippen LogP contribution < -0.4 is 10.7 Å². The lowest BCUT2D eigenvalue weighted by Crippen LogP contribution is -2.48. The summed E-state index contributed by atoms with van der Waals surface area (Å²) in [6, 6.07) is 0. The molecule has 5 nitrogen and oxygen atoms in total. The van der Waals surface area contributed by atoms with Crippen LogP contribution in [-0.2, 0) is 4.79 Å². The zero-order chi connectivity index (χ0) is 10.2. The van der Waals surface area contributed by atoms with Crippen molar-refractivity contribution in [3.8, 4) is 0 Å². The molecule has 2 heterocycles. The third kappa shape index (κ3) is 1.51. The minimum Gasteiger partial charge on any atom is -0.479 e. The van der Waals surface area contributed by atoms with Gasteiger partial charge in [-0.1, -0.05) is 0 Å². The van der Waals surface area contributed by atoms with Crippen LogP contribution in [0.1, 0.15) is 6.42 Å². The Labute approximate surface area is 86.7 Å². The van der Waals surface area contributed by atoms with Crippen LogP contribution in [0.2, 0.25) is 0 Å². The summed E-state index contributed by atoms with van der Waals surface area (Å²) in [6.45, 7) is 1.54. The van der Waals surface area contributed by atoms with Crippen LogP contribution in [0.25, 0.3) is 0 Å². The van der Waals surface area contributed by atoms with Crippen molar-refractivity contribution in [2.24, 2.45) is 5.10 Å². The molecule has 14 heavy (non-hydrogen) atoms. The summed E-state index contributed by atoms with van der Waals surface area (Å²) in [4.78, 5) is 9.51. The van der Waals surface area contributed by atoms with E-state index < -0.39 is 10.8 Å². The number of nitrogens with zero attached hydrogens (tertiary/aromatic N) is 1. The van der Waals surface area contributed by atoms with Crippen molar-refractivity contribution in [2.45, 2.75) is 11.3 Å². The van der Waals surface area contributed by atoms with E-state index in [1.165, 1.54) is 0 Å². The molecule has 2 aliphatic rings. The van der Waals surface area contributed by atoms with E-state index in [2.05, 4.69) is 28.5 Å². The molecule has 0 amide bonds. The van der Waals surface area contributed by atoms with Gasteiger partial charge in [0.1, 0.15) is 0 Å². The molecule has 0 aliphatic carbocycles. The Hall–Kier alpha value is -1.01. The van der Waals surface area contributed by atoms with E-state index in [0.29, 0.717) is 6.54 Å². The van der Waals surface area contributed by atoms with Crippen LogP contribution in [-0.4, -0.2) is 34.7 Å². The molecule has 1 atom stereocenters. The van der Waals surface area contributed by atoms with E-state index in [1.54, 1.807) is 6.08 Å². The average molecular weight is 213 g/mol. The second kappa shape index (κ2) is 3.29. The summed E-state index contributed by atoms with van der Waals surface area (Å²) in [5, 5.41) is 16.1. The summed E-state index contributed by atoms with van der Waals surface area (Å²) in [7, 11) is 0. The number of thiol groups is 1. The van der Waals surface area contributed by atoms with Gasteiger partial charge in [-0.2, -0.15) is 5.10 Å². The average Bonchev–Trinajstić information content (AvgIpc) is 2.17. The zero-order valence-corrected chi connectivity index (χ0v) is 8.34. The van der Waals surface area contributed by atoms with E-state index in [1.807, 2.05) is 0 Å². The summed E-state index contributed by atoms with van der Waals surface area (Å²) >= 11 is 4.04. The van der Waals surface area contributed by atoms with Gasteiger partial charge < -0.3 is 10.4 Å². The molecule has 1 unspecified atom stereocenters. The van der Waals surface area contributed by atoms with Crippen molar-refractivity contribution >= 4 is 24.3 Å². The van der Waals surface area contributed by atoms with Crippen LogP contribution in [0.4, 0.5) is 0 Å². The van der Waals surface area contributed by atoms with E-state index in [4.69, 9.17) is 5.11 Å². The van der Waals surface area contributed by atoms with Gasteiger partial charge in [0.2, 0.25) is 4.87 Å². The molecule has 3 N–H and O–H groups in total. The second-order valence-corrected chi connectivity index (χ2v) is 4.04. The maximum atomic E-state index is 10.9. The third-order valence-corrected chi connectivity index (χ3v) is 2.72. The molecule has 0 spiro atoms. The van der Waals surface area contributed by atoms with Crippen molar-refractivity contribution in [3.05, 3.63) is 11.6 Å². The Kier molecular flexibility index (Phi) is 2.24. The molecule has 0 aromatic carbocycles. The fraction of sp³-hybridized carbons (Fsp3) is 0.500. The molecule has 2 aliphatic heterocycles. The summed E-state index contributed by atoms with van der Waals surface area (Å²) in [6.07, 6.45) is 2.43. The number of hydrogen-bond acceptors (Lipinski definition) is 5. The number of hydrazone groups is 1. The molecule has 1 fully saturated rings. The lowest BCUT2D eigenvalue weighted by molar-refractivity contribution is -0.139. The van der Waals surface area contributed by atoms with Crippen LogP contribution in [0, 0.1) is 0 Å². The molecule has 0 radical (unpaired) electrons. The van der Waals surface area contributed by atoms with Gasteiger partial charge >= 0.3 is 5.97 Å². The zero-order valence-electron chi connectivity index (χ0n) is 7.45. The van der Waals surface area contributed by atoms with Gasteiger partial charge in [0.05, 0.1) is 5.71 Å². The second-order valence-electron chi connectivity index (χ2n) is 3.34. The monoisotopic (exact) mass is 213 g/mol. The van der Waals surface area contributed by atoms with Crippen molar-refractivity contribution in [1.82, 2.24) is 10.7 Å². The number of carboxylic acid groups (broad SMARTS) is 1. The number of aliphatic carboxylic acids is 1. The predicted octanol–water partition coefficient (Wildman–Crippen LogP) is -0.424. The van der Waals surface area contributed by atoms with Crippen molar-refractivity contribution in [3.63, 3.8) is 0 Å². The lowest BCUT2D eigenvalue weighted by atomic mass is 10.00. The van der Waals surface area contributed by atoms with Gasteiger partial charge in [-0.3, -0.25) is 5.43 Å².